The molecule has 3 rings (SSSR count). The van der Waals surface area contributed by atoms with E-state index in [2.05, 4.69) is 0 Å². The minimum atomic E-state index is -0.664. The molecule has 0 saturated heterocycles. The zero-order chi connectivity index (χ0) is 16.8. The lowest BCUT2D eigenvalue weighted by molar-refractivity contribution is -0.384. The summed E-state index contributed by atoms with van der Waals surface area (Å²) in [6, 6.07) is 7.18. The average Bonchev–Trinajstić information content (AvgIpc) is 2.47. The second kappa shape index (κ2) is 4.98. The Morgan fingerprint density at radius 3 is 2.70 bits per heavy atom. The molecule has 1 aromatic heterocycles. The van der Waals surface area contributed by atoms with Gasteiger partial charge in [0, 0.05) is 35.6 Å². The van der Waals surface area contributed by atoms with E-state index in [-0.39, 0.29) is 11.2 Å². The smallest absolute Gasteiger partial charge is 0.270 e. The molecule has 0 amide bonds. The van der Waals surface area contributed by atoms with E-state index in [1.807, 2.05) is 13.8 Å². The van der Waals surface area contributed by atoms with Crippen molar-refractivity contribution in [3.63, 3.8) is 0 Å². The van der Waals surface area contributed by atoms with Gasteiger partial charge in [-0.05, 0) is 32.1 Å². The Kier molecular flexibility index (Phi) is 3.21. The zero-order valence-corrected chi connectivity index (χ0v) is 12.6. The number of fused-ring (bicyclic) bond motifs is 1. The summed E-state index contributed by atoms with van der Waals surface area (Å²) in [6.45, 7) is 3.68. The monoisotopic (exact) mass is 313 g/mol. The van der Waals surface area contributed by atoms with E-state index in [4.69, 9.17) is 10.5 Å². The van der Waals surface area contributed by atoms with Gasteiger partial charge in [-0.25, -0.2) is 0 Å². The zero-order valence-electron chi connectivity index (χ0n) is 12.6. The molecule has 1 aliphatic rings. The molecule has 7 nitrogen and oxygen atoms in total. The highest BCUT2D eigenvalue weighted by molar-refractivity contribution is 5.75. The first-order chi connectivity index (χ1) is 10.8. The van der Waals surface area contributed by atoms with Crippen LogP contribution in [0.5, 0.6) is 5.75 Å². The van der Waals surface area contributed by atoms with Crippen LogP contribution in [0.4, 0.5) is 11.4 Å². The van der Waals surface area contributed by atoms with E-state index in [0.717, 1.165) is 0 Å². The molecule has 0 radical (unpaired) electrons. The van der Waals surface area contributed by atoms with E-state index in [1.54, 1.807) is 12.1 Å². The Morgan fingerprint density at radius 2 is 2.00 bits per heavy atom. The summed E-state index contributed by atoms with van der Waals surface area (Å²) in [4.78, 5) is 22.8. The molecule has 118 valence electrons. The Hall–Kier alpha value is -3.09. The number of non-ortho nitro benzene ring substituents is 1. The van der Waals surface area contributed by atoms with Crippen LogP contribution in [0.2, 0.25) is 0 Å². The maximum atomic E-state index is 12.2. The molecule has 0 unspecified atom stereocenters. The van der Waals surface area contributed by atoms with Gasteiger partial charge in [-0.2, -0.15) is 0 Å². The minimum absolute atomic E-state index is 0.0742. The van der Waals surface area contributed by atoms with Crippen LogP contribution in [0, 0.1) is 10.1 Å². The molecular weight excluding hydrogens is 298 g/mol. The van der Waals surface area contributed by atoms with E-state index >= 15 is 0 Å². The fourth-order valence-corrected chi connectivity index (χ4v) is 2.53. The maximum absolute atomic E-state index is 12.2. The van der Waals surface area contributed by atoms with E-state index in [1.165, 1.54) is 35.0 Å². The number of nitro groups is 1. The number of benzene rings is 1. The van der Waals surface area contributed by atoms with Crippen molar-refractivity contribution in [3.05, 3.63) is 68.6 Å². The number of rotatable bonds is 2. The Bertz CT molecular complexity index is 896. The molecule has 1 aromatic carbocycles. The van der Waals surface area contributed by atoms with Crippen LogP contribution in [0.3, 0.4) is 0 Å². The van der Waals surface area contributed by atoms with Crippen molar-refractivity contribution in [3.8, 4) is 5.75 Å². The fraction of sp³-hybridized carbons (Fsp3) is 0.188. The lowest BCUT2D eigenvalue weighted by atomic mass is 9.98. The van der Waals surface area contributed by atoms with Crippen LogP contribution < -0.4 is 16.0 Å². The van der Waals surface area contributed by atoms with Gasteiger partial charge < -0.3 is 10.5 Å². The van der Waals surface area contributed by atoms with Gasteiger partial charge in [-0.3, -0.25) is 19.5 Å². The van der Waals surface area contributed by atoms with Gasteiger partial charge in [-0.15, -0.1) is 0 Å². The predicted molar refractivity (Wildman–Crippen MR) is 86.3 cm³/mol. The highest BCUT2D eigenvalue weighted by atomic mass is 16.6. The molecule has 2 heterocycles. The Labute approximate surface area is 131 Å². The van der Waals surface area contributed by atoms with Gasteiger partial charge in [0.15, 0.2) is 0 Å². The van der Waals surface area contributed by atoms with E-state index in [9.17, 15) is 14.9 Å². The van der Waals surface area contributed by atoms with Crippen LogP contribution in [-0.4, -0.2) is 15.1 Å². The molecule has 7 heteroatoms. The number of ether oxygens (including phenoxy) is 1. The van der Waals surface area contributed by atoms with Crippen LogP contribution in [0.15, 0.2) is 47.4 Å². The van der Waals surface area contributed by atoms with Crippen molar-refractivity contribution in [1.82, 2.24) is 4.57 Å². The van der Waals surface area contributed by atoms with Crippen LogP contribution in [0.25, 0.3) is 5.70 Å². The van der Waals surface area contributed by atoms with Gasteiger partial charge in [0.05, 0.1) is 10.6 Å². The van der Waals surface area contributed by atoms with Gasteiger partial charge in [-0.1, -0.05) is 0 Å². The third kappa shape index (κ3) is 2.68. The number of nitro benzene ring substituents is 1. The summed E-state index contributed by atoms with van der Waals surface area (Å²) in [5.74, 6) is 0.479. The average molecular weight is 313 g/mol. The van der Waals surface area contributed by atoms with Gasteiger partial charge in [0.2, 0.25) is 0 Å². The number of anilines is 1. The van der Waals surface area contributed by atoms with Crippen molar-refractivity contribution in [2.45, 2.75) is 19.4 Å². The minimum Gasteiger partial charge on any atom is -0.483 e. The number of nitrogens with zero attached hydrogens (tertiary/aromatic N) is 2. The van der Waals surface area contributed by atoms with Crippen molar-refractivity contribution >= 4 is 17.1 Å². The van der Waals surface area contributed by atoms with Gasteiger partial charge in [0.1, 0.15) is 11.4 Å². The first-order valence-corrected chi connectivity index (χ1v) is 6.96. The fourth-order valence-electron chi connectivity index (χ4n) is 2.53. The van der Waals surface area contributed by atoms with Crippen LogP contribution in [-0.2, 0) is 0 Å². The summed E-state index contributed by atoms with van der Waals surface area (Å²) in [6.07, 6.45) is 3.25. The first-order valence-electron chi connectivity index (χ1n) is 6.96. The Morgan fingerprint density at radius 1 is 1.26 bits per heavy atom. The molecule has 0 aliphatic carbocycles. The highest BCUT2D eigenvalue weighted by Gasteiger charge is 2.29. The first kappa shape index (κ1) is 14.8. The number of aromatic nitrogens is 1. The highest BCUT2D eigenvalue weighted by Crippen LogP contribution is 2.38. The molecule has 0 saturated carbocycles. The summed E-state index contributed by atoms with van der Waals surface area (Å²) in [7, 11) is 0. The van der Waals surface area contributed by atoms with Gasteiger partial charge in [0.25, 0.3) is 11.2 Å². The van der Waals surface area contributed by atoms with Crippen molar-refractivity contribution < 1.29 is 9.66 Å². The standard InChI is InChI=1S/C16H15N3O4/c1-16(2)8-13(18-9-10(17)3-6-15(18)20)12-7-11(19(21)22)4-5-14(12)23-16/h3-9H,17H2,1-2H3. The lowest BCUT2D eigenvalue weighted by Crippen LogP contribution is -2.32. The molecule has 1 aliphatic heterocycles. The normalized spacial score (nSPS) is 15.3. The number of nitrogens with two attached hydrogens (primary N) is 1. The number of pyridine rings is 1. The molecular formula is C16H15N3O4. The SMILES string of the molecule is CC1(C)C=C(n2cc(N)ccc2=O)c2cc([N+](=O)[O-])ccc2O1. The predicted octanol–water partition coefficient (Wildman–Crippen LogP) is 2.40. The Balaban J connectivity index is 2.28. The van der Waals surface area contributed by atoms with E-state index < -0.39 is 10.5 Å². The van der Waals surface area contributed by atoms with E-state index in [0.29, 0.717) is 22.7 Å². The van der Waals surface area contributed by atoms with Crippen LogP contribution >= 0.6 is 0 Å². The second-order valence-corrected chi connectivity index (χ2v) is 5.84. The quantitative estimate of drug-likeness (QED) is 0.677. The summed E-state index contributed by atoms with van der Waals surface area (Å²) < 4.78 is 7.21. The summed E-state index contributed by atoms with van der Waals surface area (Å²) in [5, 5.41) is 11.0. The molecule has 0 fully saturated rings. The second-order valence-electron chi connectivity index (χ2n) is 5.84. The number of hydrogen-bond acceptors (Lipinski definition) is 5. The summed E-state index contributed by atoms with van der Waals surface area (Å²) in [5.41, 5.74) is 6.17. The van der Waals surface area contributed by atoms with Crippen molar-refractivity contribution in [1.29, 1.82) is 0 Å². The molecule has 2 N–H and O–H groups in total. The third-order valence-electron chi connectivity index (χ3n) is 3.50. The molecule has 0 atom stereocenters. The largest absolute Gasteiger partial charge is 0.483 e. The third-order valence-corrected chi connectivity index (χ3v) is 3.50. The maximum Gasteiger partial charge on any atom is 0.270 e. The lowest BCUT2D eigenvalue weighted by Gasteiger charge is -2.31. The number of hydrogen-bond donors (Lipinski definition) is 1. The molecule has 0 spiro atoms. The number of nitrogen functional groups attached to an aromatic ring is 1. The summed E-state index contributed by atoms with van der Waals surface area (Å²) >= 11 is 0. The molecule has 23 heavy (non-hydrogen) atoms. The van der Waals surface area contributed by atoms with Crippen molar-refractivity contribution in [2.24, 2.45) is 0 Å². The van der Waals surface area contributed by atoms with Crippen LogP contribution in [0.1, 0.15) is 19.4 Å². The van der Waals surface area contributed by atoms with Crippen molar-refractivity contribution in [2.75, 3.05) is 5.73 Å². The molecule has 2 aromatic rings. The van der Waals surface area contributed by atoms with Gasteiger partial charge >= 0.3 is 0 Å². The molecule has 0 bridgehead atoms. The topological polar surface area (TPSA) is 100 Å².